The van der Waals surface area contributed by atoms with Gasteiger partial charge in [0.15, 0.2) is 0 Å². The van der Waals surface area contributed by atoms with Crippen LogP contribution < -0.4 is 10.6 Å². The Morgan fingerprint density at radius 1 is 0.911 bits per heavy atom. The van der Waals surface area contributed by atoms with Crippen LogP contribution in [0.4, 0.5) is 4.79 Å². The van der Waals surface area contributed by atoms with Gasteiger partial charge in [-0.05, 0) is 70.7 Å². The number of rotatable bonds is 13. The molecule has 246 valence electrons. The molecule has 0 spiro atoms. The number of hydrogen-bond donors (Lipinski definition) is 3. The van der Waals surface area contributed by atoms with E-state index >= 15 is 0 Å². The summed E-state index contributed by atoms with van der Waals surface area (Å²) in [5.74, 6) is -2.18. The molecule has 0 radical (unpaired) electrons. The molecule has 45 heavy (non-hydrogen) atoms. The number of hydrogen-bond acceptors (Lipinski definition) is 7. The van der Waals surface area contributed by atoms with Crippen LogP contribution >= 0.6 is 0 Å². The van der Waals surface area contributed by atoms with Crippen LogP contribution in [-0.2, 0) is 30.3 Å². The number of benzene rings is 2. The Balaban J connectivity index is 2.59. The number of nitrogens with one attached hydrogen (secondary N) is 2. The summed E-state index contributed by atoms with van der Waals surface area (Å²) in [6, 6.07) is 11.7. The van der Waals surface area contributed by atoms with Crippen molar-refractivity contribution in [2.45, 2.75) is 97.6 Å². The van der Waals surface area contributed by atoms with E-state index in [4.69, 9.17) is 9.47 Å². The number of esters is 1. The molecule has 0 bridgehead atoms. The lowest BCUT2D eigenvalue weighted by molar-refractivity contribution is -0.159. The minimum Gasteiger partial charge on any atom is -0.508 e. The fraction of sp³-hybridized carbons (Fsp3) is 0.486. The molecule has 0 aliphatic heterocycles. The van der Waals surface area contributed by atoms with E-state index in [9.17, 15) is 24.3 Å². The van der Waals surface area contributed by atoms with Crippen molar-refractivity contribution in [2.75, 3.05) is 6.54 Å². The Morgan fingerprint density at radius 3 is 2.00 bits per heavy atom. The van der Waals surface area contributed by atoms with E-state index in [1.807, 2.05) is 44.2 Å². The molecule has 0 aromatic heterocycles. The minimum absolute atomic E-state index is 0.0284. The van der Waals surface area contributed by atoms with Crippen molar-refractivity contribution < 1.29 is 33.8 Å². The number of aromatic hydroxyl groups is 1. The summed E-state index contributed by atoms with van der Waals surface area (Å²) in [5.41, 5.74) is -0.428. The van der Waals surface area contributed by atoms with E-state index in [1.54, 1.807) is 41.5 Å². The average molecular weight is 624 g/mol. The summed E-state index contributed by atoms with van der Waals surface area (Å²) in [6.45, 7) is 17.8. The summed E-state index contributed by atoms with van der Waals surface area (Å²) in [5, 5.41) is 15.5. The maximum absolute atomic E-state index is 14.3. The van der Waals surface area contributed by atoms with Gasteiger partial charge in [0, 0.05) is 13.0 Å². The van der Waals surface area contributed by atoms with Gasteiger partial charge in [-0.15, -0.1) is 6.58 Å². The lowest BCUT2D eigenvalue weighted by Crippen LogP contribution is -2.56. The molecule has 10 heteroatoms. The highest BCUT2D eigenvalue weighted by Crippen LogP contribution is 2.27. The highest BCUT2D eigenvalue weighted by molar-refractivity contribution is 5.94. The number of carbonyl (C=O) groups is 4. The number of nitrogens with zero attached hydrogens (tertiary/aromatic N) is 1. The Hall–Kier alpha value is -4.34. The van der Waals surface area contributed by atoms with Crippen molar-refractivity contribution in [2.24, 2.45) is 5.92 Å². The van der Waals surface area contributed by atoms with Crippen LogP contribution in [0.15, 0.2) is 67.3 Å². The molecule has 0 fully saturated rings. The van der Waals surface area contributed by atoms with Gasteiger partial charge in [-0.2, -0.15) is 0 Å². The van der Waals surface area contributed by atoms with Crippen LogP contribution in [0.5, 0.6) is 5.75 Å². The number of amides is 3. The predicted molar refractivity (Wildman–Crippen MR) is 173 cm³/mol. The van der Waals surface area contributed by atoms with Crippen molar-refractivity contribution >= 4 is 23.9 Å². The monoisotopic (exact) mass is 623 g/mol. The Kier molecular flexibility index (Phi) is 13.2. The molecule has 0 heterocycles. The standard InChI is InChI=1S/C35H49N3O7/c1-10-21-38(31(41)28(23(3)11-2)37-33(43)45-35(7,8)9)29(25-17-19-26(39)20-18-25)30(40)36-27(32(42)44-34(4,5)6)22-24-15-13-12-14-16-24/h10,12-20,23,27-29,39H,1,11,21-22H2,2-9H3,(H,36,40)(H,37,43). The van der Waals surface area contributed by atoms with Gasteiger partial charge in [0.05, 0.1) is 0 Å². The van der Waals surface area contributed by atoms with Crippen LogP contribution in [0.3, 0.4) is 0 Å². The molecule has 0 saturated heterocycles. The Labute approximate surface area is 267 Å². The molecule has 2 aromatic rings. The molecule has 0 aliphatic carbocycles. The van der Waals surface area contributed by atoms with Gasteiger partial charge < -0.3 is 30.1 Å². The summed E-state index contributed by atoms with van der Waals surface area (Å²) in [6.07, 6.45) is 1.41. The first-order chi connectivity index (χ1) is 21.0. The van der Waals surface area contributed by atoms with Crippen molar-refractivity contribution in [1.82, 2.24) is 15.5 Å². The van der Waals surface area contributed by atoms with Gasteiger partial charge >= 0.3 is 12.1 Å². The quantitative estimate of drug-likeness (QED) is 0.199. The smallest absolute Gasteiger partial charge is 0.408 e. The zero-order chi connectivity index (χ0) is 33.9. The molecular weight excluding hydrogens is 574 g/mol. The first kappa shape index (κ1) is 36.8. The normalized spacial score (nSPS) is 14.2. The number of phenolic OH excluding ortho intramolecular Hbond substituents is 1. The van der Waals surface area contributed by atoms with Gasteiger partial charge in [-0.3, -0.25) is 9.59 Å². The molecule has 10 nitrogen and oxygen atoms in total. The maximum Gasteiger partial charge on any atom is 0.408 e. The zero-order valence-corrected chi connectivity index (χ0v) is 27.8. The first-order valence-electron chi connectivity index (χ1n) is 15.2. The molecular formula is C35H49N3O7. The Morgan fingerprint density at radius 2 is 1.49 bits per heavy atom. The highest BCUT2D eigenvalue weighted by Gasteiger charge is 2.39. The van der Waals surface area contributed by atoms with Crippen molar-refractivity contribution in [3.63, 3.8) is 0 Å². The van der Waals surface area contributed by atoms with Crippen LogP contribution in [0.2, 0.25) is 0 Å². The second-order valence-corrected chi connectivity index (χ2v) is 13.1. The lowest BCUT2D eigenvalue weighted by Gasteiger charge is -2.36. The van der Waals surface area contributed by atoms with Gasteiger partial charge in [-0.1, -0.05) is 68.8 Å². The zero-order valence-electron chi connectivity index (χ0n) is 27.8. The fourth-order valence-electron chi connectivity index (χ4n) is 4.55. The average Bonchev–Trinajstić information content (AvgIpc) is 2.94. The maximum atomic E-state index is 14.3. The van der Waals surface area contributed by atoms with E-state index in [0.717, 1.165) is 5.56 Å². The van der Waals surface area contributed by atoms with E-state index in [2.05, 4.69) is 17.2 Å². The second kappa shape index (κ2) is 16.1. The van der Waals surface area contributed by atoms with Crippen LogP contribution in [0.1, 0.15) is 79.0 Å². The molecule has 4 atom stereocenters. The third-order valence-corrected chi connectivity index (χ3v) is 6.82. The summed E-state index contributed by atoms with van der Waals surface area (Å²) >= 11 is 0. The van der Waals surface area contributed by atoms with Crippen LogP contribution in [-0.4, -0.2) is 63.7 Å². The van der Waals surface area contributed by atoms with Gasteiger partial charge in [0.25, 0.3) is 0 Å². The van der Waals surface area contributed by atoms with Crippen molar-refractivity contribution in [3.8, 4) is 5.75 Å². The molecule has 3 amide bonds. The topological polar surface area (TPSA) is 134 Å². The van der Waals surface area contributed by atoms with Crippen LogP contribution in [0.25, 0.3) is 0 Å². The minimum atomic E-state index is -1.26. The molecule has 0 saturated carbocycles. The number of alkyl carbamates (subject to hydrolysis) is 1. The predicted octanol–water partition coefficient (Wildman–Crippen LogP) is 5.46. The van der Waals surface area contributed by atoms with E-state index in [1.165, 1.54) is 35.2 Å². The third-order valence-electron chi connectivity index (χ3n) is 6.82. The largest absolute Gasteiger partial charge is 0.508 e. The number of ether oxygens (including phenoxy) is 2. The SMILES string of the molecule is C=CCN(C(=O)C(NC(=O)OC(C)(C)C)C(C)CC)C(C(=O)NC(Cc1ccccc1)C(=O)OC(C)(C)C)c1ccc(O)cc1. The summed E-state index contributed by atoms with van der Waals surface area (Å²) in [7, 11) is 0. The highest BCUT2D eigenvalue weighted by atomic mass is 16.6. The lowest BCUT2D eigenvalue weighted by atomic mass is 9.95. The molecule has 3 N–H and O–H groups in total. The molecule has 2 rings (SSSR count). The summed E-state index contributed by atoms with van der Waals surface area (Å²) < 4.78 is 11.1. The molecule has 4 unspecified atom stereocenters. The van der Waals surface area contributed by atoms with Crippen LogP contribution in [0, 0.1) is 5.92 Å². The molecule has 0 aliphatic rings. The van der Waals surface area contributed by atoms with Crippen molar-refractivity contribution in [3.05, 3.63) is 78.4 Å². The van der Waals surface area contributed by atoms with Gasteiger partial charge in [0.1, 0.15) is 35.1 Å². The number of phenols is 1. The second-order valence-electron chi connectivity index (χ2n) is 13.1. The first-order valence-corrected chi connectivity index (χ1v) is 15.2. The van der Waals surface area contributed by atoms with E-state index < -0.39 is 53.2 Å². The van der Waals surface area contributed by atoms with Gasteiger partial charge in [0.2, 0.25) is 11.8 Å². The Bertz CT molecular complexity index is 1300. The summed E-state index contributed by atoms with van der Waals surface area (Å²) in [4.78, 5) is 56.1. The van der Waals surface area contributed by atoms with Crippen molar-refractivity contribution in [1.29, 1.82) is 0 Å². The van der Waals surface area contributed by atoms with E-state index in [-0.39, 0.29) is 24.6 Å². The molecule has 2 aromatic carbocycles. The third kappa shape index (κ3) is 11.9. The number of carbonyl (C=O) groups excluding carboxylic acids is 4. The van der Waals surface area contributed by atoms with E-state index in [0.29, 0.717) is 12.0 Å². The fourth-order valence-corrected chi connectivity index (χ4v) is 4.55. The van der Waals surface area contributed by atoms with Gasteiger partial charge in [-0.25, -0.2) is 9.59 Å².